The summed E-state index contributed by atoms with van der Waals surface area (Å²) in [5.41, 5.74) is 1.21. The van der Waals surface area contributed by atoms with E-state index >= 15 is 0 Å². The van der Waals surface area contributed by atoms with Gasteiger partial charge in [-0.15, -0.1) is 0 Å². The Hall–Kier alpha value is -1.60. The largest absolute Gasteiger partial charge is 0.493 e. The lowest BCUT2D eigenvalue weighted by Gasteiger charge is -2.12. The first-order valence-electron chi connectivity index (χ1n) is 6.20. The molecular formula is C13H19NO5S. The Bertz CT molecular complexity index is 595. The fraction of sp³-hybridized carbons (Fsp3) is 0.462. The van der Waals surface area contributed by atoms with Crippen molar-refractivity contribution in [2.24, 2.45) is 5.14 Å². The minimum Gasteiger partial charge on any atom is -0.493 e. The number of aryl methyl sites for hydroxylation is 2. The SMILES string of the molecule is Cc1cc(S(N)(=O)=O)c(C)cc1OCCCCC(=O)O. The fourth-order valence-corrected chi connectivity index (χ4v) is 2.63. The molecule has 0 radical (unpaired) electrons. The number of sulfonamides is 1. The number of carboxylic acid groups (broad SMARTS) is 1. The zero-order valence-electron chi connectivity index (χ0n) is 11.5. The van der Waals surface area contributed by atoms with Gasteiger partial charge in [0.2, 0.25) is 10.0 Å². The number of hydrogen-bond acceptors (Lipinski definition) is 4. The third-order valence-electron chi connectivity index (χ3n) is 2.82. The molecule has 20 heavy (non-hydrogen) atoms. The fourth-order valence-electron chi connectivity index (χ4n) is 1.79. The van der Waals surface area contributed by atoms with E-state index in [2.05, 4.69) is 0 Å². The van der Waals surface area contributed by atoms with Crippen LogP contribution in [0.5, 0.6) is 5.75 Å². The highest BCUT2D eigenvalue weighted by atomic mass is 32.2. The molecule has 1 aromatic rings. The predicted octanol–water partition coefficient (Wildman–Crippen LogP) is 1.58. The third kappa shape index (κ3) is 4.82. The van der Waals surface area contributed by atoms with Crippen LogP contribution in [0, 0.1) is 13.8 Å². The van der Waals surface area contributed by atoms with Crippen molar-refractivity contribution in [2.75, 3.05) is 6.61 Å². The molecule has 1 rings (SSSR count). The molecule has 0 spiro atoms. The van der Waals surface area contributed by atoms with E-state index in [4.69, 9.17) is 15.0 Å². The Labute approximate surface area is 118 Å². The summed E-state index contributed by atoms with van der Waals surface area (Å²) in [4.78, 5) is 10.4. The smallest absolute Gasteiger partial charge is 0.303 e. The average molecular weight is 301 g/mol. The molecule has 0 unspecified atom stereocenters. The van der Waals surface area contributed by atoms with Crippen LogP contribution in [-0.2, 0) is 14.8 Å². The molecule has 0 saturated heterocycles. The van der Waals surface area contributed by atoms with Crippen LogP contribution in [-0.4, -0.2) is 26.1 Å². The lowest BCUT2D eigenvalue weighted by atomic mass is 10.1. The standard InChI is InChI=1S/C13H19NO5S/c1-9-8-12(20(14,17)18)10(2)7-11(9)19-6-4-3-5-13(15)16/h7-8H,3-6H2,1-2H3,(H,15,16)(H2,14,17,18). The molecular weight excluding hydrogens is 282 g/mol. The molecule has 0 bridgehead atoms. The van der Waals surface area contributed by atoms with Gasteiger partial charge in [-0.05, 0) is 49.9 Å². The van der Waals surface area contributed by atoms with E-state index < -0.39 is 16.0 Å². The molecule has 3 N–H and O–H groups in total. The summed E-state index contributed by atoms with van der Waals surface area (Å²) in [5.74, 6) is -0.236. The predicted molar refractivity (Wildman–Crippen MR) is 74.3 cm³/mol. The molecule has 0 saturated carbocycles. The number of primary sulfonamides is 1. The van der Waals surface area contributed by atoms with E-state index in [1.54, 1.807) is 19.9 Å². The van der Waals surface area contributed by atoms with Crippen molar-refractivity contribution in [3.63, 3.8) is 0 Å². The summed E-state index contributed by atoms with van der Waals surface area (Å²) in [5, 5.41) is 13.6. The van der Waals surface area contributed by atoms with E-state index in [1.165, 1.54) is 6.07 Å². The van der Waals surface area contributed by atoms with Crippen molar-refractivity contribution in [1.82, 2.24) is 0 Å². The van der Waals surface area contributed by atoms with Crippen LogP contribution in [0.2, 0.25) is 0 Å². The lowest BCUT2D eigenvalue weighted by Crippen LogP contribution is -2.14. The van der Waals surface area contributed by atoms with Crippen molar-refractivity contribution in [1.29, 1.82) is 0 Å². The zero-order chi connectivity index (χ0) is 15.3. The van der Waals surface area contributed by atoms with Gasteiger partial charge >= 0.3 is 5.97 Å². The van der Waals surface area contributed by atoms with Gasteiger partial charge in [-0.25, -0.2) is 13.6 Å². The second-order valence-electron chi connectivity index (χ2n) is 4.63. The molecule has 0 aliphatic heterocycles. The number of aliphatic carboxylic acids is 1. The molecule has 0 aliphatic carbocycles. The number of hydrogen-bond donors (Lipinski definition) is 2. The molecule has 0 fully saturated rings. The van der Waals surface area contributed by atoms with E-state index in [1.807, 2.05) is 0 Å². The van der Waals surface area contributed by atoms with Crippen molar-refractivity contribution in [3.8, 4) is 5.75 Å². The summed E-state index contributed by atoms with van der Waals surface area (Å²) in [7, 11) is -3.73. The summed E-state index contributed by atoms with van der Waals surface area (Å²) >= 11 is 0. The van der Waals surface area contributed by atoms with Crippen LogP contribution in [0.4, 0.5) is 0 Å². The second kappa shape index (κ2) is 6.71. The van der Waals surface area contributed by atoms with Crippen LogP contribution in [0.1, 0.15) is 30.4 Å². The molecule has 6 nitrogen and oxygen atoms in total. The minimum atomic E-state index is -3.73. The van der Waals surface area contributed by atoms with Crippen molar-refractivity contribution >= 4 is 16.0 Å². The molecule has 0 amide bonds. The normalized spacial score (nSPS) is 11.3. The Balaban J connectivity index is 2.69. The minimum absolute atomic E-state index is 0.0910. The molecule has 0 aliphatic rings. The quantitative estimate of drug-likeness (QED) is 0.744. The van der Waals surface area contributed by atoms with Gasteiger partial charge in [0.15, 0.2) is 0 Å². The van der Waals surface area contributed by atoms with Gasteiger partial charge < -0.3 is 9.84 Å². The summed E-state index contributed by atoms with van der Waals surface area (Å²) < 4.78 is 28.3. The molecule has 7 heteroatoms. The van der Waals surface area contributed by atoms with E-state index in [-0.39, 0.29) is 11.3 Å². The summed E-state index contributed by atoms with van der Waals surface area (Å²) in [6, 6.07) is 3.11. The molecule has 0 heterocycles. The number of carboxylic acids is 1. The highest BCUT2D eigenvalue weighted by Crippen LogP contribution is 2.25. The van der Waals surface area contributed by atoms with E-state index in [0.717, 1.165) is 0 Å². The third-order valence-corrected chi connectivity index (χ3v) is 3.87. The first-order valence-corrected chi connectivity index (χ1v) is 7.75. The Morgan fingerprint density at radius 3 is 2.45 bits per heavy atom. The van der Waals surface area contributed by atoms with Crippen LogP contribution in [0.3, 0.4) is 0 Å². The van der Waals surface area contributed by atoms with E-state index in [9.17, 15) is 13.2 Å². The Morgan fingerprint density at radius 2 is 1.90 bits per heavy atom. The molecule has 1 aromatic carbocycles. The zero-order valence-corrected chi connectivity index (χ0v) is 12.4. The number of nitrogens with two attached hydrogens (primary N) is 1. The van der Waals surface area contributed by atoms with Crippen molar-refractivity contribution < 1.29 is 23.1 Å². The van der Waals surface area contributed by atoms with Crippen molar-refractivity contribution in [2.45, 2.75) is 38.0 Å². The number of rotatable bonds is 7. The van der Waals surface area contributed by atoms with E-state index in [0.29, 0.717) is 36.3 Å². The maximum atomic E-state index is 11.4. The highest BCUT2D eigenvalue weighted by Gasteiger charge is 2.14. The van der Waals surface area contributed by atoms with Crippen LogP contribution >= 0.6 is 0 Å². The average Bonchev–Trinajstić information content (AvgIpc) is 2.30. The van der Waals surface area contributed by atoms with Gasteiger partial charge in [0, 0.05) is 6.42 Å². The molecule has 112 valence electrons. The van der Waals surface area contributed by atoms with Gasteiger partial charge in [-0.1, -0.05) is 0 Å². The number of benzene rings is 1. The molecule has 0 atom stereocenters. The highest BCUT2D eigenvalue weighted by molar-refractivity contribution is 7.89. The molecule has 0 aromatic heterocycles. The Kier molecular flexibility index (Phi) is 5.52. The van der Waals surface area contributed by atoms with Gasteiger partial charge in [-0.3, -0.25) is 4.79 Å². The summed E-state index contributed by atoms with van der Waals surface area (Å²) in [6.07, 6.45) is 1.29. The van der Waals surface area contributed by atoms with Crippen molar-refractivity contribution in [3.05, 3.63) is 23.3 Å². The van der Waals surface area contributed by atoms with Gasteiger partial charge in [-0.2, -0.15) is 0 Å². The van der Waals surface area contributed by atoms with Crippen LogP contribution < -0.4 is 9.88 Å². The second-order valence-corrected chi connectivity index (χ2v) is 6.16. The van der Waals surface area contributed by atoms with Gasteiger partial charge in [0.1, 0.15) is 5.75 Å². The first-order chi connectivity index (χ1) is 9.21. The number of carbonyl (C=O) groups is 1. The monoisotopic (exact) mass is 301 g/mol. The van der Waals surface area contributed by atoms with Gasteiger partial charge in [0.25, 0.3) is 0 Å². The number of ether oxygens (including phenoxy) is 1. The van der Waals surface area contributed by atoms with Crippen LogP contribution in [0.25, 0.3) is 0 Å². The maximum Gasteiger partial charge on any atom is 0.303 e. The first kappa shape index (κ1) is 16.5. The maximum absolute atomic E-state index is 11.4. The topological polar surface area (TPSA) is 107 Å². The van der Waals surface area contributed by atoms with Gasteiger partial charge in [0.05, 0.1) is 11.5 Å². The van der Waals surface area contributed by atoms with Crippen LogP contribution in [0.15, 0.2) is 17.0 Å². The summed E-state index contributed by atoms with van der Waals surface area (Å²) in [6.45, 7) is 3.78. The Morgan fingerprint density at radius 1 is 1.25 bits per heavy atom. The lowest BCUT2D eigenvalue weighted by molar-refractivity contribution is -0.137. The number of unbranched alkanes of at least 4 members (excludes halogenated alkanes) is 1.